The standard InChI is InChI=1S/C34H52O2/c1-4-6-7-8-9-10-11-12-13-14-15-16-17-18-19-20-21-22-23-24-25-26-27-28-29-30-31-32-34(5-2)36-33(3)35/h4,6-19,34H,1,5,20-32H2,2-3H3. The monoisotopic (exact) mass is 492 g/mol. The molecule has 0 aliphatic rings. The number of allylic oxidation sites excluding steroid dienone is 15. The van der Waals surface area contributed by atoms with E-state index in [1.165, 1.54) is 84.0 Å². The Morgan fingerprint density at radius 3 is 1.42 bits per heavy atom. The van der Waals surface area contributed by atoms with Gasteiger partial charge in [0.15, 0.2) is 0 Å². The Morgan fingerprint density at radius 2 is 1.00 bits per heavy atom. The maximum Gasteiger partial charge on any atom is 0.302 e. The molecule has 1 atom stereocenters. The molecule has 0 aromatic heterocycles. The lowest BCUT2D eigenvalue weighted by Crippen LogP contribution is -2.14. The Bertz CT molecular complexity index is 715. The lowest BCUT2D eigenvalue weighted by Gasteiger charge is -2.14. The number of unbranched alkanes of at least 4 members (excludes halogenated alkanes) is 11. The van der Waals surface area contributed by atoms with Crippen LogP contribution in [0.1, 0.15) is 104 Å². The van der Waals surface area contributed by atoms with Gasteiger partial charge in [-0.25, -0.2) is 0 Å². The summed E-state index contributed by atoms with van der Waals surface area (Å²) in [6, 6.07) is 0. The van der Waals surface area contributed by atoms with Gasteiger partial charge >= 0.3 is 5.97 Å². The number of hydrogen-bond acceptors (Lipinski definition) is 2. The van der Waals surface area contributed by atoms with Crippen LogP contribution in [0.15, 0.2) is 97.7 Å². The molecule has 0 saturated carbocycles. The molecule has 200 valence electrons. The minimum atomic E-state index is -0.148. The summed E-state index contributed by atoms with van der Waals surface area (Å²) in [4.78, 5) is 11.0. The number of hydrogen-bond donors (Lipinski definition) is 0. The quantitative estimate of drug-likeness (QED) is 0.0805. The zero-order valence-corrected chi connectivity index (χ0v) is 23.2. The van der Waals surface area contributed by atoms with Gasteiger partial charge in [0.2, 0.25) is 0 Å². The fourth-order valence-electron chi connectivity index (χ4n) is 3.77. The van der Waals surface area contributed by atoms with Crippen LogP contribution in [-0.4, -0.2) is 12.1 Å². The van der Waals surface area contributed by atoms with E-state index in [0.29, 0.717) is 0 Å². The van der Waals surface area contributed by atoms with Crippen LogP contribution in [0.4, 0.5) is 0 Å². The molecule has 0 aliphatic carbocycles. The maximum atomic E-state index is 11.0. The number of esters is 1. The zero-order chi connectivity index (χ0) is 26.4. The first-order valence-electron chi connectivity index (χ1n) is 14.2. The van der Waals surface area contributed by atoms with Crippen molar-refractivity contribution in [3.63, 3.8) is 0 Å². The van der Waals surface area contributed by atoms with Crippen molar-refractivity contribution in [2.75, 3.05) is 0 Å². The first-order valence-corrected chi connectivity index (χ1v) is 14.2. The maximum absolute atomic E-state index is 11.0. The van der Waals surface area contributed by atoms with Crippen molar-refractivity contribution >= 4 is 5.97 Å². The third-order valence-corrected chi connectivity index (χ3v) is 5.79. The van der Waals surface area contributed by atoms with Gasteiger partial charge in [0.05, 0.1) is 0 Å². The van der Waals surface area contributed by atoms with E-state index in [1.54, 1.807) is 6.08 Å². The normalized spacial score (nSPS) is 13.6. The molecule has 2 nitrogen and oxygen atoms in total. The molecule has 0 aromatic carbocycles. The molecule has 0 amide bonds. The third-order valence-electron chi connectivity index (χ3n) is 5.79. The second-order valence-corrected chi connectivity index (χ2v) is 9.08. The molecule has 0 rings (SSSR count). The number of carbonyl (C=O) groups is 1. The second-order valence-electron chi connectivity index (χ2n) is 9.08. The summed E-state index contributed by atoms with van der Waals surface area (Å²) < 4.78 is 5.30. The van der Waals surface area contributed by atoms with Crippen LogP contribution in [0.3, 0.4) is 0 Å². The lowest BCUT2D eigenvalue weighted by molar-refractivity contribution is -0.146. The highest BCUT2D eigenvalue weighted by Crippen LogP contribution is 2.15. The van der Waals surface area contributed by atoms with Crippen molar-refractivity contribution in [3.05, 3.63) is 97.7 Å². The summed E-state index contributed by atoms with van der Waals surface area (Å²) in [5, 5.41) is 0. The van der Waals surface area contributed by atoms with Gasteiger partial charge < -0.3 is 4.74 Å². The molecule has 0 aliphatic heterocycles. The SMILES string of the molecule is C=CC=CC=CC=CC=CC=CC=CC=CCCCCCCCCCCCCCC(CC)OC(C)=O. The predicted octanol–water partition coefficient (Wildman–Crippen LogP) is 10.5. The third kappa shape index (κ3) is 27.6. The van der Waals surface area contributed by atoms with Crippen molar-refractivity contribution in [2.24, 2.45) is 0 Å². The smallest absolute Gasteiger partial charge is 0.302 e. The van der Waals surface area contributed by atoms with E-state index in [2.05, 4.69) is 37.8 Å². The predicted molar refractivity (Wildman–Crippen MR) is 160 cm³/mol. The van der Waals surface area contributed by atoms with E-state index in [-0.39, 0.29) is 12.1 Å². The highest BCUT2D eigenvalue weighted by atomic mass is 16.5. The molecule has 0 fully saturated rings. The lowest BCUT2D eigenvalue weighted by atomic mass is 10.0. The first-order chi connectivity index (χ1) is 17.7. The summed E-state index contributed by atoms with van der Waals surface area (Å²) >= 11 is 0. The summed E-state index contributed by atoms with van der Waals surface area (Å²) in [6.07, 6.45) is 48.1. The van der Waals surface area contributed by atoms with Gasteiger partial charge in [-0.3, -0.25) is 4.79 Å². The van der Waals surface area contributed by atoms with Crippen molar-refractivity contribution in [1.29, 1.82) is 0 Å². The average Bonchev–Trinajstić information content (AvgIpc) is 2.87. The Labute approximate surface area is 223 Å². The van der Waals surface area contributed by atoms with E-state index < -0.39 is 0 Å². The van der Waals surface area contributed by atoms with Gasteiger partial charge in [-0.2, -0.15) is 0 Å². The van der Waals surface area contributed by atoms with Crippen LogP contribution in [0, 0.1) is 0 Å². The first kappa shape index (κ1) is 33.4. The Kier molecular flexibility index (Phi) is 26.6. The van der Waals surface area contributed by atoms with E-state index in [1.807, 2.05) is 60.8 Å². The van der Waals surface area contributed by atoms with Crippen molar-refractivity contribution in [3.8, 4) is 0 Å². The fraction of sp³-hybridized carbons (Fsp3) is 0.500. The van der Waals surface area contributed by atoms with Crippen molar-refractivity contribution in [1.82, 2.24) is 0 Å². The number of carbonyl (C=O) groups excluding carboxylic acids is 1. The van der Waals surface area contributed by atoms with E-state index in [4.69, 9.17) is 4.74 Å². The molecule has 0 radical (unpaired) electrons. The molecule has 0 aromatic rings. The van der Waals surface area contributed by atoms with Gasteiger partial charge in [0.25, 0.3) is 0 Å². The van der Waals surface area contributed by atoms with Gasteiger partial charge in [-0.05, 0) is 32.1 Å². The van der Waals surface area contributed by atoms with Gasteiger partial charge in [0, 0.05) is 6.92 Å². The van der Waals surface area contributed by atoms with Crippen LogP contribution in [0.5, 0.6) is 0 Å². The topological polar surface area (TPSA) is 26.3 Å². The van der Waals surface area contributed by atoms with E-state index in [9.17, 15) is 4.79 Å². The summed E-state index contributed by atoms with van der Waals surface area (Å²) in [6.45, 7) is 7.22. The molecule has 1 unspecified atom stereocenters. The van der Waals surface area contributed by atoms with Crippen molar-refractivity contribution < 1.29 is 9.53 Å². The summed E-state index contributed by atoms with van der Waals surface area (Å²) in [5.41, 5.74) is 0. The Balaban J connectivity index is 3.47. The van der Waals surface area contributed by atoms with Crippen LogP contribution >= 0.6 is 0 Å². The van der Waals surface area contributed by atoms with Crippen LogP contribution < -0.4 is 0 Å². The number of ether oxygens (including phenoxy) is 1. The fourth-order valence-corrected chi connectivity index (χ4v) is 3.77. The average molecular weight is 493 g/mol. The Hall–Kier alpha value is -2.61. The molecule has 0 bridgehead atoms. The minimum absolute atomic E-state index is 0.122. The van der Waals surface area contributed by atoms with E-state index >= 15 is 0 Å². The largest absolute Gasteiger partial charge is 0.463 e. The molecule has 0 saturated heterocycles. The minimum Gasteiger partial charge on any atom is -0.463 e. The van der Waals surface area contributed by atoms with Crippen LogP contribution in [-0.2, 0) is 9.53 Å². The summed E-state index contributed by atoms with van der Waals surface area (Å²) in [5.74, 6) is -0.148. The molecular formula is C34H52O2. The second kappa shape index (κ2) is 28.6. The van der Waals surface area contributed by atoms with Crippen LogP contribution in [0.25, 0.3) is 0 Å². The molecule has 36 heavy (non-hydrogen) atoms. The Morgan fingerprint density at radius 1 is 0.611 bits per heavy atom. The van der Waals surface area contributed by atoms with Crippen LogP contribution in [0.2, 0.25) is 0 Å². The van der Waals surface area contributed by atoms with E-state index in [0.717, 1.165) is 12.8 Å². The van der Waals surface area contributed by atoms with Gasteiger partial charge in [-0.15, -0.1) is 0 Å². The summed E-state index contributed by atoms with van der Waals surface area (Å²) in [7, 11) is 0. The highest BCUT2D eigenvalue weighted by Gasteiger charge is 2.08. The molecular weight excluding hydrogens is 440 g/mol. The molecule has 0 heterocycles. The van der Waals surface area contributed by atoms with Crippen molar-refractivity contribution in [2.45, 2.75) is 110 Å². The van der Waals surface area contributed by atoms with Gasteiger partial charge in [0.1, 0.15) is 6.10 Å². The zero-order valence-electron chi connectivity index (χ0n) is 23.2. The molecule has 2 heteroatoms. The highest BCUT2D eigenvalue weighted by molar-refractivity contribution is 5.66. The van der Waals surface area contributed by atoms with Gasteiger partial charge in [-0.1, -0.05) is 162 Å². The number of rotatable bonds is 23. The molecule has 0 N–H and O–H groups in total. The molecule has 0 spiro atoms.